The summed E-state index contributed by atoms with van der Waals surface area (Å²) in [6, 6.07) is 0. The molecule has 7 heteroatoms. The first-order chi connectivity index (χ1) is 9.82. The molecule has 4 nitrogen and oxygen atoms in total. The van der Waals surface area contributed by atoms with Crippen LogP contribution in [0.4, 0.5) is 13.2 Å². The van der Waals surface area contributed by atoms with Gasteiger partial charge in [0.25, 0.3) is 0 Å². The van der Waals surface area contributed by atoms with Gasteiger partial charge in [-0.15, -0.1) is 0 Å². The second-order valence-corrected chi connectivity index (χ2v) is 5.95. The van der Waals surface area contributed by atoms with E-state index >= 15 is 0 Å². The van der Waals surface area contributed by atoms with Crippen LogP contribution in [0.5, 0.6) is 0 Å². The fourth-order valence-corrected chi connectivity index (χ4v) is 3.20. The molecule has 2 fully saturated rings. The highest BCUT2D eigenvalue weighted by Gasteiger charge is 2.45. The van der Waals surface area contributed by atoms with E-state index < -0.39 is 18.1 Å². The SMILES string of the molecule is O=C1CCN(CCCC(F)(F)F)C(=O)C2(CCCCC2)N1. The smallest absolute Gasteiger partial charge is 0.342 e. The van der Waals surface area contributed by atoms with Crippen molar-refractivity contribution in [1.29, 1.82) is 0 Å². The summed E-state index contributed by atoms with van der Waals surface area (Å²) in [7, 11) is 0. The number of carbonyl (C=O) groups is 2. The van der Waals surface area contributed by atoms with E-state index in [1.807, 2.05) is 0 Å². The lowest BCUT2D eigenvalue weighted by molar-refractivity contribution is -0.144. The van der Waals surface area contributed by atoms with E-state index in [0.29, 0.717) is 12.8 Å². The minimum absolute atomic E-state index is 0.0645. The molecule has 0 aromatic carbocycles. The van der Waals surface area contributed by atoms with Crippen molar-refractivity contribution in [3.05, 3.63) is 0 Å². The molecular formula is C14H21F3N2O2. The Bertz CT molecular complexity index is 404. The van der Waals surface area contributed by atoms with Gasteiger partial charge in [0.05, 0.1) is 0 Å². The van der Waals surface area contributed by atoms with Crippen molar-refractivity contribution in [3.63, 3.8) is 0 Å². The van der Waals surface area contributed by atoms with E-state index in [2.05, 4.69) is 5.32 Å². The molecule has 0 unspecified atom stereocenters. The number of nitrogens with one attached hydrogen (secondary N) is 1. The van der Waals surface area contributed by atoms with Crippen molar-refractivity contribution in [2.45, 2.75) is 63.1 Å². The largest absolute Gasteiger partial charge is 0.389 e. The van der Waals surface area contributed by atoms with Gasteiger partial charge >= 0.3 is 6.18 Å². The van der Waals surface area contributed by atoms with Crippen LogP contribution in [-0.2, 0) is 9.59 Å². The quantitative estimate of drug-likeness (QED) is 0.870. The van der Waals surface area contributed by atoms with Gasteiger partial charge in [-0.1, -0.05) is 19.3 Å². The Balaban J connectivity index is 2.03. The second kappa shape index (κ2) is 6.23. The van der Waals surface area contributed by atoms with E-state index in [1.54, 1.807) is 0 Å². The lowest BCUT2D eigenvalue weighted by Gasteiger charge is -2.38. The van der Waals surface area contributed by atoms with Crippen molar-refractivity contribution in [2.75, 3.05) is 13.1 Å². The zero-order chi connectivity index (χ0) is 15.5. The van der Waals surface area contributed by atoms with Crippen molar-refractivity contribution in [1.82, 2.24) is 10.2 Å². The van der Waals surface area contributed by atoms with Gasteiger partial charge in [0.15, 0.2) is 0 Å². The van der Waals surface area contributed by atoms with E-state index in [4.69, 9.17) is 0 Å². The van der Waals surface area contributed by atoms with E-state index in [-0.39, 0.29) is 37.7 Å². The fraction of sp³-hybridized carbons (Fsp3) is 0.857. The second-order valence-electron chi connectivity index (χ2n) is 5.95. The fourth-order valence-electron chi connectivity index (χ4n) is 3.20. The molecule has 1 saturated carbocycles. The summed E-state index contributed by atoms with van der Waals surface area (Å²) in [5.41, 5.74) is -0.871. The van der Waals surface area contributed by atoms with E-state index in [1.165, 1.54) is 4.90 Å². The molecule has 1 N–H and O–H groups in total. The molecule has 21 heavy (non-hydrogen) atoms. The molecule has 2 aliphatic rings. The van der Waals surface area contributed by atoms with Crippen LogP contribution < -0.4 is 5.32 Å². The van der Waals surface area contributed by atoms with Gasteiger partial charge in [-0.2, -0.15) is 13.2 Å². The van der Waals surface area contributed by atoms with Gasteiger partial charge in [-0.3, -0.25) is 9.59 Å². The highest BCUT2D eigenvalue weighted by atomic mass is 19.4. The van der Waals surface area contributed by atoms with Crippen molar-refractivity contribution in [2.24, 2.45) is 0 Å². The molecule has 0 radical (unpaired) electrons. The first-order valence-corrected chi connectivity index (χ1v) is 7.50. The predicted molar refractivity (Wildman–Crippen MR) is 70.4 cm³/mol. The summed E-state index contributed by atoms with van der Waals surface area (Å²) in [6.07, 6.45) is -1.11. The number of amides is 2. The third-order valence-corrected chi connectivity index (χ3v) is 4.28. The van der Waals surface area contributed by atoms with Crippen LogP contribution in [-0.4, -0.2) is 41.5 Å². The van der Waals surface area contributed by atoms with Crippen LogP contribution in [0.2, 0.25) is 0 Å². The highest BCUT2D eigenvalue weighted by molar-refractivity contribution is 5.93. The Kier molecular flexibility index (Phi) is 4.78. The number of nitrogens with zero attached hydrogens (tertiary/aromatic N) is 1. The predicted octanol–water partition coefficient (Wildman–Crippen LogP) is 2.38. The Morgan fingerprint density at radius 2 is 1.81 bits per heavy atom. The van der Waals surface area contributed by atoms with Gasteiger partial charge in [0, 0.05) is 25.9 Å². The van der Waals surface area contributed by atoms with Gasteiger partial charge in [-0.25, -0.2) is 0 Å². The maximum Gasteiger partial charge on any atom is 0.389 e. The summed E-state index contributed by atoms with van der Waals surface area (Å²) in [5, 5.41) is 2.83. The molecule has 1 spiro atoms. The minimum Gasteiger partial charge on any atom is -0.342 e. The highest BCUT2D eigenvalue weighted by Crippen LogP contribution is 2.32. The van der Waals surface area contributed by atoms with Gasteiger partial charge in [-0.05, 0) is 19.3 Å². The third-order valence-electron chi connectivity index (χ3n) is 4.28. The molecule has 1 aliphatic heterocycles. The van der Waals surface area contributed by atoms with E-state index in [0.717, 1.165) is 19.3 Å². The summed E-state index contributed by atoms with van der Waals surface area (Å²) < 4.78 is 36.7. The molecule has 0 aromatic heterocycles. The van der Waals surface area contributed by atoms with Gasteiger partial charge < -0.3 is 10.2 Å². The number of hydrogen-bond acceptors (Lipinski definition) is 2. The zero-order valence-electron chi connectivity index (χ0n) is 12.0. The summed E-state index contributed by atoms with van der Waals surface area (Å²) in [6.45, 7) is 0.277. The van der Waals surface area contributed by atoms with Gasteiger partial charge in [0.2, 0.25) is 11.8 Å². The topological polar surface area (TPSA) is 49.4 Å². The normalized spacial score (nSPS) is 23.1. The summed E-state index contributed by atoms with van der Waals surface area (Å²) in [5.74, 6) is -0.376. The minimum atomic E-state index is -4.20. The lowest BCUT2D eigenvalue weighted by atomic mass is 9.80. The molecule has 120 valence electrons. The standard InChI is InChI=1S/C14H21F3N2O2/c15-14(16,17)8-4-9-19-10-5-11(20)18-13(12(19)21)6-2-1-3-7-13/h1-10H2,(H,18,20). The van der Waals surface area contributed by atoms with Crippen molar-refractivity contribution < 1.29 is 22.8 Å². The molecule has 0 aromatic rings. The number of hydrogen-bond donors (Lipinski definition) is 1. The summed E-state index contributed by atoms with van der Waals surface area (Å²) >= 11 is 0. The molecular weight excluding hydrogens is 285 g/mol. The van der Waals surface area contributed by atoms with E-state index in [9.17, 15) is 22.8 Å². The molecule has 1 saturated heterocycles. The molecule has 0 atom stereocenters. The Hall–Kier alpha value is -1.27. The molecule has 2 amide bonds. The first-order valence-electron chi connectivity index (χ1n) is 7.50. The third kappa shape index (κ3) is 4.11. The Labute approximate surface area is 122 Å². The maximum atomic E-state index is 12.7. The van der Waals surface area contributed by atoms with Crippen molar-refractivity contribution in [3.8, 4) is 0 Å². The maximum absolute atomic E-state index is 12.7. The van der Waals surface area contributed by atoms with Crippen molar-refractivity contribution >= 4 is 11.8 Å². The van der Waals surface area contributed by atoms with Crippen LogP contribution >= 0.6 is 0 Å². The van der Waals surface area contributed by atoms with Gasteiger partial charge in [0.1, 0.15) is 5.54 Å². The summed E-state index contributed by atoms with van der Waals surface area (Å²) in [4.78, 5) is 25.9. The number of rotatable bonds is 3. The van der Waals surface area contributed by atoms with Crippen LogP contribution in [0.25, 0.3) is 0 Å². The molecule has 2 rings (SSSR count). The molecule has 1 aliphatic carbocycles. The lowest BCUT2D eigenvalue weighted by Crippen LogP contribution is -2.58. The van der Waals surface area contributed by atoms with Crippen LogP contribution in [0.15, 0.2) is 0 Å². The van der Waals surface area contributed by atoms with Crippen LogP contribution in [0.3, 0.4) is 0 Å². The van der Waals surface area contributed by atoms with Crippen LogP contribution in [0.1, 0.15) is 51.4 Å². The number of carbonyl (C=O) groups excluding carboxylic acids is 2. The number of halogens is 3. The first kappa shape index (κ1) is 16.1. The average molecular weight is 306 g/mol. The Morgan fingerprint density at radius 3 is 2.43 bits per heavy atom. The molecule has 0 bridgehead atoms. The number of alkyl halides is 3. The zero-order valence-corrected chi connectivity index (χ0v) is 12.0. The van der Waals surface area contributed by atoms with Crippen LogP contribution in [0, 0.1) is 0 Å². The Morgan fingerprint density at radius 1 is 1.14 bits per heavy atom. The monoisotopic (exact) mass is 306 g/mol. The average Bonchev–Trinajstić information content (AvgIpc) is 2.50. The molecule has 1 heterocycles.